The Balaban J connectivity index is 1.79. The number of H-pyrrole nitrogens is 1. The summed E-state index contributed by atoms with van der Waals surface area (Å²) in [5.74, 6) is -0.0413. The molecule has 0 radical (unpaired) electrons. The minimum Gasteiger partial charge on any atom is -0.361 e. The van der Waals surface area contributed by atoms with Gasteiger partial charge in [-0.3, -0.25) is 9.59 Å². The Morgan fingerprint density at radius 3 is 2.65 bits per heavy atom. The lowest BCUT2D eigenvalue weighted by atomic mass is 10.0. The zero-order valence-electron chi connectivity index (χ0n) is 13.6. The van der Waals surface area contributed by atoms with Crippen LogP contribution in [-0.4, -0.2) is 28.9 Å². The third kappa shape index (κ3) is 3.73. The van der Waals surface area contributed by atoms with Crippen molar-refractivity contribution in [2.75, 3.05) is 0 Å². The first kappa shape index (κ1) is 15.6. The summed E-state index contributed by atoms with van der Waals surface area (Å²) >= 11 is 0. The number of aromatic nitrogens is 1. The maximum absolute atomic E-state index is 12.5. The molecule has 3 N–H and O–H groups in total. The summed E-state index contributed by atoms with van der Waals surface area (Å²) in [4.78, 5) is 27.8. The van der Waals surface area contributed by atoms with Crippen molar-refractivity contribution >= 4 is 22.7 Å². The number of carbonyl (C=O) groups is 2. The Hall–Kier alpha value is -2.30. The zero-order chi connectivity index (χ0) is 16.4. The predicted octanol–water partition coefficient (Wildman–Crippen LogP) is 2.13. The molecule has 0 aliphatic heterocycles. The smallest absolute Gasteiger partial charge is 0.243 e. The van der Waals surface area contributed by atoms with Crippen molar-refractivity contribution in [2.24, 2.45) is 5.92 Å². The fraction of sp³-hybridized carbons (Fsp3) is 0.444. The summed E-state index contributed by atoms with van der Waals surface area (Å²) < 4.78 is 0. The summed E-state index contributed by atoms with van der Waals surface area (Å²) in [5.41, 5.74) is 2.08. The molecule has 0 unspecified atom stereocenters. The van der Waals surface area contributed by atoms with Crippen LogP contribution in [0, 0.1) is 5.92 Å². The molecule has 1 aromatic heterocycles. The van der Waals surface area contributed by atoms with Crippen molar-refractivity contribution in [1.29, 1.82) is 0 Å². The first-order valence-electron chi connectivity index (χ1n) is 8.20. The Morgan fingerprint density at radius 2 is 1.96 bits per heavy atom. The molecule has 1 heterocycles. The van der Waals surface area contributed by atoms with Crippen LogP contribution in [0.25, 0.3) is 10.9 Å². The number of nitrogens with one attached hydrogen (secondary N) is 3. The van der Waals surface area contributed by atoms with Gasteiger partial charge in [-0.05, 0) is 38.3 Å². The number of hydrogen-bond acceptors (Lipinski definition) is 2. The van der Waals surface area contributed by atoms with Crippen molar-refractivity contribution in [3.63, 3.8) is 0 Å². The van der Waals surface area contributed by atoms with Crippen LogP contribution >= 0.6 is 0 Å². The fourth-order valence-corrected chi connectivity index (χ4v) is 2.75. The van der Waals surface area contributed by atoms with E-state index in [4.69, 9.17) is 0 Å². The maximum Gasteiger partial charge on any atom is 0.243 e. The molecular formula is C18H23N3O2. The van der Waals surface area contributed by atoms with E-state index in [1.165, 1.54) is 0 Å². The van der Waals surface area contributed by atoms with Gasteiger partial charge in [-0.2, -0.15) is 0 Å². The average molecular weight is 313 g/mol. The lowest BCUT2D eigenvalue weighted by molar-refractivity contribution is -0.129. The summed E-state index contributed by atoms with van der Waals surface area (Å²) in [6.07, 6.45) is 4.26. The van der Waals surface area contributed by atoms with E-state index < -0.39 is 6.04 Å². The molecule has 3 rings (SSSR count). The quantitative estimate of drug-likeness (QED) is 0.764. The molecule has 1 aliphatic carbocycles. The van der Waals surface area contributed by atoms with E-state index in [2.05, 4.69) is 15.6 Å². The van der Waals surface area contributed by atoms with Crippen LogP contribution in [0.2, 0.25) is 0 Å². The lowest BCUT2D eigenvalue weighted by Gasteiger charge is -2.20. The van der Waals surface area contributed by atoms with Crippen LogP contribution in [0.4, 0.5) is 0 Å². The van der Waals surface area contributed by atoms with Crippen molar-refractivity contribution in [3.8, 4) is 0 Å². The predicted molar refractivity (Wildman–Crippen MR) is 89.9 cm³/mol. The molecule has 1 aromatic carbocycles. The molecule has 1 saturated carbocycles. The van der Waals surface area contributed by atoms with E-state index in [1.807, 2.05) is 44.3 Å². The SMILES string of the molecule is CC(C)NC(=O)[C@@H](Cc1c[nH]c2ccccc12)NC(=O)C1CC1. The van der Waals surface area contributed by atoms with E-state index in [0.717, 1.165) is 29.3 Å². The van der Waals surface area contributed by atoms with Crippen LogP contribution < -0.4 is 10.6 Å². The Kier molecular flexibility index (Phi) is 4.37. The van der Waals surface area contributed by atoms with Crippen molar-refractivity contribution < 1.29 is 9.59 Å². The first-order chi connectivity index (χ1) is 11.0. The second-order valence-electron chi connectivity index (χ2n) is 6.56. The van der Waals surface area contributed by atoms with E-state index in [0.29, 0.717) is 6.42 Å². The number of amides is 2. The highest BCUT2D eigenvalue weighted by atomic mass is 16.2. The molecule has 1 aliphatic rings. The second kappa shape index (κ2) is 6.44. The number of rotatable bonds is 6. The van der Waals surface area contributed by atoms with Gasteiger partial charge in [0.25, 0.3) is 0 Å². The largest absolute Gasteiger partial charge is 0.361 e. The number of aromatic amines is 1. The second-order valence-corrected chi connectivity index (χ2v) is 6.56. The number of hydrogen-bond donors (Lipinski definition) is 3. The first-order valence-corrected chi connectivity index (χ1v) is 8.20. The van der Waals surface area contributed by atoms with E-state index in [-0.39, 0.29) is 23.8 Å². The third-order valence-corrected chi connectivity index (χ3v) is 4.11. The van der Waals surface area contributed by atoms with Gasteiger partial charge in [0, 0.05) is 35.5 Å². The highest BCUT2D eigenvalue weighted by molar-refractivity contribution is 5.91. The van der Waals surface area contributed by atoms with Gasteiger partial charge in [0.15, 0.2) is 0 Å². The number of carbonyl (C=O) groups excluding carboxylic acids is 2. The van der Waals surface area contributed by atoms with Gasteiger partial charge in [0.1, 0.15) is 6.04 Å². The van der Waals surface area contributed by atoms with Gasteiger partial charge in [0.2, 0.25) is 11.8 Å². The summed E-state index contributed by atoms with van der Waals surface area (Å²) in [5, 5.41) is 6.92. The Bertz CT molecular complexity index is 716. The minimum atomic E-state index is -0.537. The van der Waals surface area contributed by atoms with Crippen LogP contribution in [0.15, 0.2) is 30.5 Å². The van der Waals surface area contributed by atoms with Crippen LogP contribution in [-0.2, 0) is 16.0 Å². The summed E-state index contributed by atoms with van der Waals surface area (Å²) in [7, 11) is 0. The van der Waals surface area contributed by atoms with Gasteiger partial charge in [-0.1, -0.05) is 18.2 Å². The van der Waals surface area contributed by atoms with Gasteiger partial charge in [0.05, 0.1) is 0 Å². The number of para-hydroxylation sites is 1. The fourth-order valence-electron chi connectivity index (χ4n) is 2.75. The normalized spacial score (nSPS) is 15.6. The average Bonchev–Trinajstić information content (AvgIpc) is 3.28. The van der Waals surface area contributed by atoms with Gasteiger partial charge in [-0.25, -0.2) is 0 Å². The Morgan fingerprint density at radius 1 is 1.22 bits per heavy atom. The van der Waals surface area contributed by atoms with Gasteiger partial charge in [-0.15, -0.1) is 0 Å². The van der Waals surface area contributed by atoms with Crippen LogP contribution in [0.1, 0.15) is 32.3 Å². The molecule has 1 atom stereocenters. The van der Waals surface area contributed by atoms with Crippen molar-refractivity contribution in [2.45, 2.75) is 45.2 Å². The van der Waals surface area contributed by atoms with Crippen LogP contribution in [0.5, 0.6) is 0 Å². The molecule has 2 amide bonds. The monoisotopic (exact) mass is 313 g/mol. The summed E-state index contributed by atoms with van der Waals surface area (Å²) in [6.45, 7) is 3.84. The molecule has 1 fully saturated rings. The molecule has 0 bridgehead atoms. The van der Waals surface area contributed by atoms with Crippen LogP contribution in [0.3, 0.4) is 0 Å². The number of fused-ring (bicyclic) bond motifs is 1. The number of benzene rings is 1. The summed E-state index contributed by atoms with van der Waals surface area (Å²) in [6, 6.07) is 7.49. The van der Waals surface area contributed by atoms with E-state index in [1.54, 1.807) is 0 Å². The standard InChI is InChI=1S/C18H23N3O2/c1-11(2)20-18(23)16(21-17(22)12-7-8-12)9-13-10-19-15-6-4-3-5-14(13)15/h3-6,10-12,16,19H,7-9H2,1-2H3,(H,20,23)(H,21,22)/t16-/m1/s1. The zero-order valence-corrected chi connectivity index (χ0v) is 13.6. The molecule has 0 spiro atoms. The molecule has 2 aromatic rings. The van der Waals surface area contributed by atoms with Gasteiger partial charge >= 0.3 is 0 Å². The molecule has 0 saturated heterocycles. The van der Waals surface area contributed by atoms with Gasteiger partial charge < -0.3 is 15.6 Å². The maximum atomic E-state index is 12.5. The lowest BCUT2D eigenvalue weighted by Crippen LogP contribution is -2.50. The van der Waals surface area contributed by atoms with Crippen molar-refractivity contribution in [1.82, 2.24) is 15.6 Å². The van der Waals surface area contributed by atoms with E-state index in [9.17, 15) is 9.59 Å². The van der Waals surface area contributed by atoms with Crippen molar-refractivity contribution in [3.05, 3.63) is 36.0 Å². The van der Waals surface area contributed by atoms with E-state index >= 15 is 0 Å². The minimum absolute atomic E-state index is 0.00579. The molecule has 23 heavy (non-hydrogen) atoms. The molecule has 122 valence electrons. The molecule has 5 nitrogen and oxygen atoms in total. The highest BCUT2D eigenvalue weighted by Crippen LogP contribution is 2.29. The molecular weight excluding hydrogens is 290 g/mol. The Labute approximate surface area is 135 Å². The molecule has 5 heteroatoms. The highest BCUT2D eigenvalue weighted by Gasteiger charge is 2.33. The third-order valence-electron chi connectivity index (χ3n) is 4.11. The topological polar surface area (TPSA) is 74.0 Å².